The SMILES string of the molecule is NC(=O)COc1ccccc1C(=O)N1CC[C@@H]2CNC[C@@H]2CC1. The molecule has 0 spiro atoms. The highest BCUT2D eigenvalue weighted by Crippen LogP contribution is 2.28. The maximum absolute atomic E-state index is 12.9. The van der Waals surface area contributed by atoms with Crippen molar-refractivity contribution >= 4 is 11.8 Å². The number of likely N-dealkylation sites (tertiary alicyclic amines) is 1. The molecule has 2 aliphatic heterocycles. The highest BCUT2D eigenvalue weighted by Gasteiger charge is 2.32. The zero-order valence-electron chi connectivity index (χ0n) is 13.2. The van der Waals surface area contributed by atoms with Crippen LogP contribution in [-0.2, 0) is 4.79 Å². The fraction of sp³-hybridized carbons (Fsp3) is 0.529. The van der Waals surface area contributed by atoms with Gasteiger partial charge in [-0.15, -0.1) is 0 Å². The Balaban J connectivity index is 1.71. The minimum Gasteiger partial charge on any atom is -0.483 e. The van der Waals surface area contributed by atoms with Crippen LogP contribution in [0.4, 0.5) is 0 Å². The van der Waals surface area contributed by atoms with Crippen LogP contribution in [0, 0.1) is 11.8 Å². The third kappa shape index (κ3) is 3.64. The largest absolute Gasteiger partial charge is 0.483 e. The molecule has 6 nitrogen and oxygen atoms in total. The molecule has 0 aliphatic carbocycles. The Morgan fingerprint density at radius 1 is 1.17 bits per heavy atom. The summed E-state index contributed by atoms with van der Waals surface area (Å²) < 4.78 is 5.38. The first-order valence-corrected chi connectivity index (χ1v) is 8.15. The van der Waals surface area contributed by atoms with E-state index in [1.807, 2.05) is 4.90 Å². The molecule has 0 unspecified atom stereocenters. The zero-order chi connectivity index (χ0) is 16.2. The van der Waals surface area contributed by atoms with Crippen molar-refractivity contribution < 1.29 is 14.3 Å². The fourth-order valence-corrected chi connectivity index (χ4v) is 3.51. The molecule has 0 aromatic heterocycles. The second kappa shape index (κ2) is 7.00. The number of carbonyl (C=O) groups is 2. The van der Waals surface area contributed by atoms with Crippen LogP contribution in [0.25, 0.3) is 0 Å². The molecule has 0 saturated carbocycles. The number of hydrogen-bond acceptors (Lipinski definition) is 4. The number of nitrogens with zero attached hydrogens (tertiary/aromatic N) is 1. The first kappa shape index (κ1) is 15.8. The molecule has 0 bridgehead atoms. The predicted molar refractivity (Wildman–Crippen MR) is 86.1 cm³/mol. The van der Waals surface area contributed by atoms with E-state index in [1.54, 1.807) is 24.3 Å². The summed E-state index contributed by atoms with van der Waals surface area (Å²) in [5.41, 5.74) is 5.62. The summed E-state index contributed by atoms with van der Waals surface area (Å²) in [7, 11) is 0. The Bertz CT molecular complexity index is 576. The van der Waals surface area contributed by atoms with E-state index in [2.05, 4.69) is 5.32 Å². The van der Waals surface area contributed by atoms with Gasteiger partial charge >= 0.3 is 0 Å². The van der Waals surface area contributed by atoms with Crippen molar-refractivity contribution in [1.29, 1.82) is 0 Å². The number of nitrogens with two attached hydrogens (primary N) is 1. The van der Waals surface area contributed by atoms with Crippen LogP contribution in [0.5, 0.6) is 5.75 Å². The van der Waals surface area contributed by atoms with Crippen molar-refractivity contribution in [2.24, 2.45) is 17.6 Å². The van der Waals surface area contributed by atoms with Crippen LogP contribution in [0.3, 0.4) is 0 Å². The maximum Gasteiger partial charge on any atom is 0.257 e. The molecule has 2 aliphatic rings. The molecular formula is C17H23N3O3. The van der Waals surface area contributed by atoms with Gasteiger partial charge in [0.25, 0.3) is 11.8 Å². The number of ether oxygens (including phenoxy) is 1. The van der Waals surface area contributed by atoms with Crippen molar-refractivity contribution in [2.75, 3.05) is 32.8 Å². The predicted octanol–water partition coefficient (Wildman–Crippen LogP) is 0.622. The molecule has 2 heterocycles. The number of primary amides is 1. The van der Waals surface area contributed by atoms with Crippen LogP contribution >= 0.6 is 0 Å². The van der Waals surface area contributed by atoms with Crippen LogP contribution in [0.15, 0.2) is 24.3 Å². The van der Waals surface area contributed by atoms with E-state index < -0.39 is 5.91 Å². The van der Waals surface area contributed by atoms with Gasteiger partial charge < -0.3 is 20.7 Å². The Labute approximate surface area is 136 Å². The first-order chi connectivity index (χ1) is 11.1. The molecule has 3 rings (SSSR count). The van der Waals surface area contributed by atoms with E-state index in [0.29, 0.717) is 23.1 Å². The number of carbonyl (C=O) groups excluding carboxylic acids is 2. The smallest absolute Gasteiger partial charge is 0.257 e. The van der Waals surface area contributed by atoms with Crippen LogP contribution in [0.2, 0.25) is 0 Å². The van der Waals surface area contributed by atoms with E-state index in [-0.39, 0.29) is 12.5 Å². The van der Waals surface area contributed by atoms with E-state index in [9.17, 15) is 9.59 Å². The molecule has 2 fully saturated rings. The van der Waals surface area contributed by atoms with Crippen molar-refractivity contribution in [3.05, 3.63) is 29.8 Å². The molecule has 23 heavy (non-hydrogen) atoms. The first-order valence-electron chi connectivity index (χ1n) is 8.15. The van der Waals surface area contributed by atoms with Crippen LogP contribution in [0.1, 0.15) is 23.2 Å². The third-order valence-electron chi connectivity index (χ3n) is 4.79. The number of benzene rings is 1. The fourth-order valence-electron chi connectivity index (χ4n) is 3.51. The summed E-state index contributed by atoms with van der Waals surface area (Å²) in [4.78, 5) is 25.7. The molecule has 124 valence electrons. The van der Waals surface area contributed by atoms with Gasteiger partial charge in [-0.1, -0.05) is 12.1 Å². The quantitative estimate of drug-likeness (QED) is 0.853. The van der Waals surface area contributed by atoms with Gasteiger partial charge in [-0.05, 0) is 49.9 Å². The molecule has 1 aromatic rings. The monoisotopic (exact) mass is 317 g/mol. The summed E-state index contributed by atoms with van der Waals surface area (Å²) in [6.07, 6.45) is 2.07. The average Bonchev–Trinajstić information content (AvgIpc) is 2.91. The van der Waals surface area contributed by atoms with Crippen LogP contribution in [-0.4, -0.2) is 49.5 Å². The number of para-hydroxylation sites is 1. The van der Waals surface area contributed by atoms with Gasteiger partial charge in [-0.3, -0.25) is 9.59 Å². The highest BCUT2D eigenvalue weighted by molar-refractivity contribution is 5.97. The maximum atomic E-state index is 12.9. The summed E-state index contributed by atoms with van der Waals surface area (Å²) in [6.45, 7) is 3.44. The van der Waals surface area contributed by atoms with Gasteiger partial charge in [0.05, 0.1) is 5.56 Å². The summed E-state index contributed by atoms with van der Waals surface area (Å²) in [6, 6.07) is 7.03. The van der Waals surface area contributed by atoms with E-state index >= 15 is 0 Å². The number of hydrogen-bond donors (Lipinski definition) is 2. The van der Waals surface area contributed by atoms with Crippen molar-refractivity contribution in [3.8, 4) is 5.75 Å². The minimum absolute atomic E-state index is 0.0296. The molecule has 2 saturated heterocycles. The number of nitrogens with one attached hydrogen (secondary N) is 1. The molecule has 3 N–H and O–H groups in total. The van der Waals surface area contributed by atoms with Gasteiger partial charge in [-0.25, -0.2) is 0 Å². The molecular weight excluding hydrogens is 294 g/mol. The number of amides is 2. The van der Waals surface area contributed by atoms with Gasteiger partial charge in [0.15, 0.2) is 6.61 Å². The van der Waals surface area contributed by atoms with E-state index in [0.717, 1.165) is 39.0 Å². The molecule has 6 heteroatoms. The van der Waals surface area contributed by atoms with Crippen LogP contribution < -0.4 is 15.8 Å². The van der Waals surface area contributed by atoms with Gasteiger partial charge in [0.1, 0.15) is 5.75 Å². The third-order valence-corrected chi connectivity index (χ3v) is 4.79. The number of rotatable bonds is 4. The van der Waals surface area contributed by atoms with E-state index in [4.69, 9.17) is 10.5 Å². The molecule has 1 aromatic carbocycles. The molecule has 2 amide bonds. The van der Waals surface area contributed by atoms with Crippen molar-refractivity contribution in [1.82, 2.24) is 10.2 Å². The van der Waals surface area contributed by atoms with E-state index in [1.165, 1.54) is 0 Å². The number of fused-ring (bicyclic) bond motifs is 1. The summed E-state index contributed by atoms with van der Waals surface area (Å²) in [5.74, 6) is 1.19. The minimum atomic E-state index is -0.553. The highest BCUT2D eigenvalue weighted by atomic mass is 16.5. The Hall–Kier alpha value is -2.08. The Morgan fingerprint density at radius 3 is 2.48 bits per heavy atom. The summed E-state index contributed by atoms with van der Waals surface area (Å²) in [5, 5.41) is 3.44. The summed E-state index contributed by atoms with van der Waals surface area (Å²) >= 11 is 0. The lowest BCUT2D eigenvalue weighted by Gasteiger charge is -2.22. The standard InChI is InChI=1S/C17H23N3O3/c18-16(21)11-23-15-4-2-1-3-14(15)17(22)20-7-5-12-9-19-10-13(12)6-8-20/h1-4,12-13,19H,5-11H2,(H2,18,21)/t12-,13+. The Kier molecular flexibility index (Phi) is 4.81. The molecule has 2 atom stereocenters. The zero-order valence-corrected chi connectivity index (χ0v) is 13.2. The van der Waals surface area contributed by atoms with Gasteiger partial charge in [0, 0.05) is 13.1 Å². The van der Waals surface area contributed by atoms with Crippen molar-refractivity contribution in [3.63, 3.8) is 0 Å². The normalized spacial score (nSPS) is 23.9. The second-order valence-corrected chi connectivity index (χ2v) is 6.30. The lowest BCUT2D eigenvalue weighted by atomic mass is 9.92. The lowest BCUT2D eigenvalue weighted by Crippen LogP contribution is -2.33. The average molecular weight is 317 g/mol. The van der Waals surface area contributed by atoms with Gasteiger partial charge in [-0.2, -0.15) is 0 Å². The molecule has 0 radical (unpaired) electrons. The Morgan fingerprint density at radius 2 is 1.83 bits per heavy atom. The van der Waals surface area contributed by atoms with Crippen molar-refractivity contribution in [2.45, 2.75) is 12.8 Å². The lowest BCUT2D eigenvalue weighted by molar-refractivity contribution is -0.119. The second-order valence-electron chi connectivity index (χ2n) is 6.30. The van der Waals surface area contributed by atoms with Gasteiger partial charge in [0.2, 0.25) is 0 Å². The topological polar surface area (TPSA) is 84.7 Å².